The molecule has 16 heavy (non-hydrogen) atoms. The fourth-order valence-corrected chi connectivity index (χ4v) is 1.85. The Bertz CT molecular complexity index is 425. The Morgan fingerprint density at radius 1 is 1.25 bits per heavy atom. The van der Waals surface area contributed by atoms with Crippen LogP contribution in [0.5, 0.6) is 0 Å². The van der Waals surface area contributed by atoms with Gasteiger partial charge in [-0.2, -0.15) is 0 Å². The van der Waals surface area contributed by atoms with E-state index in [1.807, 2.05) is 0 Å². The highest BCUT2D eigenvalue weighted by molar-refractivity contribution is 5.75. The lowest BCUT2D eigenvalue weighted by atomic mass is 9.81. The average molecular weight is 214 g/mol. The molecule has 1 N–H and O–H groups in total. The predicted molar refractivity (Wildman–Crippen MR) is 68.1 cm³/mol. The molecular weight excluding hydrogens is 196 g/mol. The topological polar surface area (TPSA) is 20.2 Å². The van der Waals surface area contributed by atoms with Crippen LogP contribution in [0.3, 0.4) is 0 Å². The van der Waals surface area contributed by atoms with Gasteiger partial charge < -0.3 is 5.11 Å². The van der Waals surface area contributed by atoms with Crippen molar-refractivity contribution >= 4 is 5.57 Å². The summed E-state index contributed by atoms with van der Waals surface area (Å²) >= 11 is 0. The molecule has 1 heteroatoms. The molecule has 1 aliphatic rings. The lowest BCUT2D eigenvalue weighted by Gasteiger charge is -2.25. The molecular formula is C15H18O. The summed E-state index contributed by atoms with van der Waals surface area (Å²) in [7, 11) is 0. The van der Waals surface area contributed by atoms with Gasteiger partial charge in [0.25, 0.3) is 0 Å². The molecule has 0 saturated carbocycles. The van der Waals surface area contributed by atoms with E-state index in [1.165, 1.54) is 16.7 Å². The van der Waals surface area contributed by atoms with E-state index in [0.29, 0.717) is 0 Å². The third kappa shape index (κ3) is 2.25. The van der Waals surface area contributed by atoms with Gasteiger partial charge in [0.05, 0.1) is 6.61 Å². The Hall–Kier alpha value is -1.34. The molecule has 1 aromatic rings. The minimum atomic E-state index is -0.0752. The summed E-state index contributed by atoms with van der Waals surface area (Å²) < 4.78 is 0. The number of benzene rings is 1. The Balaban J connectivity index is 2.20. The SMILES string of the molecule is Cc1ccc(C2=CCC(C)(CO)C=C2)cc1. The van der Waals surface area contributed by atoms with Gasteiger partial charge in [-0.05, 0) is 24.5 Å². The zero-order valence-corrected chi connectivity index (χ0v) is 9.90. The maximum Gasteiger partial charge on any atom is 0.0522 e. The summed E-state index contributed by atoms with van der Waals surface area (Å²) in [6, 6.07) is 8.55. The van der Waals surface area contributed by atoms with Crippen LogP contribution in [0.2, 0.25) is 0 Å². The van der Waals surface area contributed by atoms with Crippen molar-refractivity contribution in [1.29, 1.82) is 0 Å². The van der Waals surface area contributed by atoms with Crippen LogP contribution in [0.15, 0.2) is 42.5 Å². The van der Waals surface area contributed by atoms with Gasteiger partial charge in [-0.1, -0.05) is 55.0 Å². The zero-order valence-electron chi connectivity index (χ0n) is 9.90. The third-order valence-electron chi connectivity index (χ3n) is 3.20. The van der Waals surface area contributed by atoms with Crippen LogP contribution < -0.4 is 0 Å². The van der Waals surface area contributed by atoms with Crippen molar-refractivity contribution in [3.8, 4) is 0 Å². The summed E-state index contributed by atoms with van der Waals surface area (Å²) in [5.41, 5.74) is 3.71. The third-order valence-corrected chi connectivity index (χ3v) is 3.20. The summed E-state index contributed by atoms with van der Waals surface area (Å²) in [6.07, 6.45) is 7.34. The normalized spacial score (nSPS) is 24.3. The number of aliphatic hydroxyl groups excluding tert-OH is 1. The Morgan fingerprint density at radius 3 is 2.44 bits per heavy atom. The maximum atomic E-state index is 9.26. The molecule has 1 atom stereocenters. The molecule has 84 valence electrons. The van der Waals surface area contributed by atoms with Crippen molar-refractivity contribution < 1.29 is 5.11 Å². The van der Waals surface area contributed by atoms with E-state index >= 15 is 0 Å². The van der Waals surface area contributed by atoms with Crippen LogP contribution in [-0.4, -0.2) is 11.7 Å². The Labute approximate surface area is 97.1 Å². The second kappa shape index (κ2) is 4.26. The highest BCUT2D eigenvalue weighted by atomic mass is 16.3. The first-order chi connectivity index (χ1) is 7.63. The van der Waals surface area contributed by atoms with E-state index in [0.717, 1.165) is 6.42 Å². The molecule has 0 bridgehead atoms. The smallest absolute Gasteiger partial charge is 0.0522 e. The lowest BCUT2D eigenvalue weighted by molar-refractivity contribution is 0.186. The Kier molecular flexibility index (Phi) is 2.97. The average Bonchev–Trinajstić information content (AvgIpc) is 2.32. The number of hydrogen-bond donors (Lipinski definition) is 1. The number of aliphatic hydroxyl groups is 1. The van der Waals surface area contributed by atoms with E-state index in [2.05, 4.69) is 56.3 Å². The molecule has 0 fully saturated rings. The van der Waals surface area contributed by atoms with Gasteiger partial charge in [0.2, 0.25) is 0 Å². The number of rotatable bonds is 2. The second-order valence-corrected chi connectivity index (χ2v) is 4.88. The second-order valence-electron chi connectivity index (χ2n) is 4.88. The summed E-state index contributed by atoms with van der Waals surface area (Å²) in [6.45, 7) is 4.38. The van der Waals surface area contributed by atoms with Crippen LogP contribution in [0, 0.1) is 12.3 Å². The quantitative estimate of drug-likeness (QED) is 0.800. The minimum Gasteiger partial charge on any atom is -0.395 e. The van der Waals surface area contributed by atoms with Crippen molar-refractivity contribution in [2.75, 3.05) is 6.61 Å². The molecule has 1 aliphatic carbocycles. The van der Waals surface area contributed by atoms with Gasteiger partial charge in [-0.15, -0.1) is 0 Å². The summed E-state index contributed by atoms with van der Waals surface area (Å²) in [5, 5.41) is 9.26. The highest BCUT2D eigenvalue weighted by Crippen LogP contribution is 2.32. The summed E-state index contributed by atoms with van der Waals surface area (Å²) in [5.74, 6) is 0. The molecule has 1 unspecified atom stereocenters. The molecule has 0 aliphatic heterocycles. The number of aryl methyl sites for hydroxylation is 1. The molecule has 0 heterocycles. The van der Waals surface area contributed by atoms with Gasteiger partial charge in [0, 0.05) is 5.41 Å². The van der Waals surface area contributed by atoms with E-state index < -0.39 is 0 Å². The van der Waals surface area contributed by atoms with Gasteiger partial charge in [-0.25, -0.2) is 0 Å². The van der Waals surface area contributed by atoms with Crippen molar-refractivity contribution in [3.05, 3.63) is 53.6 Å². The fraction of sp³-hybridized carbons (Fsp3) is 0.333. The van der Waals surface area contributed by atoms with Crippen LogP contribution in [0.25, 0.3) is 5.57 Å². The zero-order chi connectivity index (χ0) is 11.6. The number of allylic oxidation sites excluding steroid dienone is 3. The van der Waals surface area contributed by atoms with E-state index in [1.54, 1.807) is 0 Å². The summed E-state index contributed by atoms with van der Waals surface area (Å²) in [4.78, 5) is 0. The van der Waals surface area contributed by atoms with E-state index in [-0.39, 0.29) is 12.0 Å². The van der Waals surface area contributed by atoms with Crippen LogP contribution in [0.4, 0.5) is 0 Å². The molecule has 0 amide bonds. The van der Waals surface area contributed by atoms with Gasteiger partial charge in [0.1, 0.15) is 0 Å². The van der Waals surface area contributed by atoms with Crippen molar-refractivity contribution in [3.63, 3.8) is 0 Å². The van der Waals surface area contributed by atoms with Crippen LogP contribution in [-0.2, 0) is 0 Å². The first-order valence-corrected chi connectivity index (χ1v) is 5.70. The fourth-order valence-electron chi connectivity index (χ4n) is 1.85. The first-order valence-electron chi connectivity index (χ1n) is 5.70. The van der Waals surface area contributed by atoms with Crippen molar-refractivity contribution in [1.82, 2.24) is 0 Å². The van der Waals surface area contributed by atoms with E-state index in [9.17, 15) is 5.11 Å². The van der Waals surface area contributed by atoms with Gasteiger partial charge in [-0.3, -0.25) is 0 Å². The van der Waals surface area contributed by atoms with Gasteiger partial charge in [0.15, 0.2) is 0 Å². The predicted octanol–water partition coefficient (Wildman–Crippen LogP) is 3.34. The van der Waals surface area contributed by atoms with E-state index in [4.69, 9.17) is 0 Å². The van der Waals surface area contributed by atoms with Crippen molar-refractivity contribution in [2.45, 2.75) is 20.3 Å². The highest BCUT2D eigenvalue weighted by Gasteiger charge is 2.21. The Morgan fingerprint density at radius 2 is 1.94 bits per heavy atom. The molecule has 0 spiro atoms. The molecule has 0 radical (unpaired) electrons. The largest absolute Gasteiger partial charge is 0.395 e. The molecule has 0 aromatic heterocycles. The molecule has 2 rings (SSSR count). The van der Waals surface area contributed by atoms with Crippen molar-refractivity contribution in [2.24, 2.45) is 5.41 Å². The molecule has 1 aromatic carbocycles. The lowest BCUT2D eigenvalue weighted by Crippen LogP contribution is -2.19. The minimum absolute atomic E-state index is 0.0752. The molecule has 1 nitrogen and oxygen atoms in total. The first kappa shape index (κ1) is 11.2. The van der Waals surface area contributed by atoms with Crippen LogP contribution in [0.1, 0.15) is 24.5 Å². The maximum absolute atomic E-state index is 9.26. The number of hydrogen-bond acceptors (Lipinski definition) is 1. The molecule has 0 saturated heterocycles. The van der Waals surface area contributed by atoms with Gasteiger partial charge >= 0.3 is 0 Å². The monoisotopic (exact) mass is 214 g/mol. The van der Waals surface area contributed by atoms with Crippen LogP contribution >= 0.6 is 0 Å². The standard InChI is InChI=1S/C15H18O/c1-12-3-5-13(6-4-12)14-7-9-15(2,11-16)10-8-14/h3-9,16H,10-11H2,1-2H3.